The van der Waals surface area contributed by atoms with Crippen molar-refractivity contribution in [3.8, 4) is 11.5 Å². The lowest BCUT2D eigenvalue weighted by Crippen LogP contribution is -2.29. The number of hydrogen-bond donors (Lipinski definition) is 1. The molecule has 7 nitrogen and oxygen atoms in total. The van der Waals surface area contributed by atoms with Crippen molar-refractivity contribution in [3.63, 3.8) is 0 Å². The van der Waals surface area contributed by atoms with Crippen LogP contribution in [0.1, 0.15) is 40.2 Å². The number of nitrogens with zero attached hydrogens (tertiary/aromatic N) is 2. The van der Waals surface area contributed by atoms with E-state index < -0.39 is 11.9 Å². The summed E-state index contributed by atoms with van der Waals surface area (Å²) in [4.78, 5) is 33.7. The zero-order valence-electron chi connectivity index (χ0n) is 18.9. The molecule has 8 heteroatoms. The van der Waals surface area contributed by atoms with Gasteiger partial charge in [-0.1, -0.05) is 42.5 Å². The van der Waals surface area contributed by atoms with Crippen molar-refractivity contribution in [3.05, 3.63) is 93.3 Å². The minimum Gasteiger partial charge on any atom is -0.504 e. The van der Waals surface area contributed by atoms with Gasteiger partial charge in [-0.3, -0.25) is 14.5 Å². The Morgan fingerprint density at radius 1 is 1.11 bits per heavy atom. The van der Waals surface area contributed by atoms with Gasteiger partial charge in [0.25, 0.3) is 5.91 Å². The maximum atomic E-state index is 13.8. The van der Waals surface area contributed by atoms with Gasteiger partial charge in [0.2, 0.25) is 5.76 Å². The van der Waals surface area contributed by atoms with Crippen LogP contribution < -0.4 is 15.1 Å². The largest absolute Gasteiger partial charge is 0.504 e. The zero-order chi connectivity index (χ0) is 24.3. The molecular formula is C27H20N2O5S. The molecule has 0 bridgehead atoms. The van der Waals surface area contributed by atoms with Crippen LogP contribution in [0.4, 0.5) is 5.13 Å². The van der Waals surface area contributed by atoms with Gasteiger partial charge in [-0.05, 0) is 53.9 Å². The number of amides is 1. The predicted molar refractivity (Wildman–Crippen MR) is 135 cm³/mol. The van der Waals surface area contributed by atoms with Gasteiger partial charge in [0, 0.05) is 0 Å². The van der Waals surface area contributed by atoms with Crippen molar-refractivity contribution >= 4 is 43.6 Å². The summed E-state index contributed by atoms with van der Waals surface area (Å²) in [5.41, 5.74) is 2.87. The normalized spacial score (nSPS) is 15.2. The average molecular weight is 485 g/mol. The summed E-state index contributed by atoms with van der Waals surface area (Å²) in [5.74, 6) is -0.232. The number of hydrogen-bond acceptors (Lipinski definition) is 7. The predicted octanol–water partition coefficient (Wildman–Crippen LogP) is 5.43. The van der Waals surface area contributed by atoms with Crippen molar-refractivity contribution in [2.24, 2.45) is 0 Å². The number of carbonyl (C=O) groups excluding carboxylic acids is 1. The summed E-state index contributed by atoms with van der Waals surface area (Å²) in [6.45, 7) is 2.08. The van der Waals surface area contributed by atoms with Crippen molar-refractivity contribution < 1.29 is 19.1 Å². The van der Waals surface area contributed by atoms with E-state index in [2.05, 4.69) is 13.0 Å². The molecule has 3 heterocycles. The summed E-state index contributed by atoms with van der Waals surface area (Å²) in [6, 6.07) is 16.9. The fraction of sp³-hybridized carbons (Fsp3) is 0.148. The van der Waals surface area contributed by atoms with E-state index in [1.165, 1.54) is 35.0 Å². The number of thiazole rings is 1. The highest BCUT2D eigenvalue weighted by Crippen LogP contribution is 2.45. The number of benzene rings is 3. The Bertz CT molecular complexity index is 1700. The molecule has 1 aliphatic heterocycles. The SMILES string of the molecule is CCc1ccc2nc(N3C(=O)c4oc5ccccc5c(=O)c4[C@@H]3c3ccc(O)c(OC)c3)sc2c1. The first kappa shape index (κ1) is 21.4. The molecule has 1 aliphatic rings. The van der Waals surface area contributed by atoms with Crippen LogP contribution in [0.5, 0.6) is 11.5 Å². The number of ether oxygens (including phenoxy) is 1. The quantitative estimate of drug-likeness (QED) is 0.366. The van der Waals surface area contributed by atoms with Crippen molar-refractivity contribution in [1.82, 2.24) is 4.98 Å². The molecule has 6 rings (SSSR count). The number of fused-ring (bicyclic) bond motifs is 3. The van der Waals surface area contributed by atoms with Crippen LogP contribution in [0.25, 0.3) is 21.2 Å². The topological polar surface area (TPSA) is 92.9 Å². The molecule has 2 aromatic heterocycles. The molecule has 0 saturated heterocycles. The van der Waals surface area contributed by atoms with Crippen LogP contribution in [0.2, 0.25) is 0 Å². The number of phenolic OH excluding ortho intramolecular Hbond substituents is 1. The smallest absolute Gasteiger partial charge is 0.297 e. The van der Waals surface area contributed by atoms with E-state index in [0.29, 0.717) is 21.7 Å². The van der Waals surface area contributed by atoms with Crippen LogP contribution in [-0.4, -0.2) is 23.1 Å². The lowest BCUT2D eigenvalue weighted by atomic mass is 9.98. The molecule has 3 aromatic carbocycles. The third-order valence-electron chi connectivity index (χ3n) is 6.35. The number of phenols is 1. The molecule has 0 aliphatic carbocycles. The Kier molecular flexibility index (Phi) is 4.86. The number of para-hydroxylation sites is 1. The Balaban J connectivity index is 1.62. The first-order chi connectivity index (χ1) is 17.0. The molecular weight excluding hydrogens is 464 g/mol. The monoisotopic (exact) mass is 484 g/mol. The molecule has 35 heavy (non-hydrogen) atoms. The molecule has 0 saturated carbocycles. The van der Waals surface area contributed by atoms with Crippen LogP contribution in [-0.2, 0) is 6.42 Å². The second kappa shape index (κ2) is 7.95. The third kappa shape index (κ3) is 3.21. The second-order valence-electron chi connectivity index (χ2n) is 8.33. The molecule has 174 valence electrons. The number of methoxy groups -OCH3 is 1. The van der Waals surface area contributed by atoms with E-state index in [-0.39, 0.29) is 28.3 Å². The zero-order valence-corrected chi connectivity index (χ0v) is 19.8. The van der Waals surface area contributed by atoms with Gasteiger partial charge in [-0.2, -0.15) is 0 Å². The number of anilines is 1. The van der Waals surface area contributed by atoms with Gasteiger partial charge in [0.05, 0.1) is 34.3 Å². The highest BCUT2D eigenvalue weighted by Gasteiger charge is 2.45. The summed E-state index contributed by atoms with van der Waals surface area (Å²) in [5, 5.41) is 11.0. The summed E-state index contributed by atoms with van der Waals surface area (Å²) >= 11 is 1.39. The highest BCUT2D eigenvalue weighted by molar-refractivity contribution is 7.22. The van der Waals surface area contributed by atoms with Crippen LogP contribution in [0.15, 0.2) is 69.9 Å². The molecule has 1 N–H and O–H groups in total. The molecule has 1 amide bonds. The van der Waals surface area contributed by atoms with E-state index in [4.69, 9.17) is 14.1 Å². The first-order valence-corrected chi connectivity index (χ1v) is 12.0. The molecule has 0 fully saturated rings. The van der Waals surface area contributed by atoms with Crippen LogP contribution >= 0.6 is 11.3 Å². The van der Waals surface area contributed by atoms with Gasteiger partial charge >= 0.3 is 0 Å². The summed E-state index contributed by atoms with van der Waals surface area (Å²) < 4.78 is 12.3. The average Bonchev–Trinajstić information content (AvgIpc) is 3.42. The van der Waals surface area contributed by atoms with E-state index >= 15 is 0 Å². The molecule has 5 aromatic rings. The van der Waals surface area contributed by atoms with Gasteiger partial charge in [-0.25, -0.2) is 4.98 Å². The molecule has 0 spiro atoms. The fourth-order valence-electron chi connectivity index (χ4n) is 4.58. The maximum Gasteiger partial charge on any atom is 0.297 e. The minimum absolute atomic E-state index is 0.000699. The molecule has 1 atom stereocenters. The highest BCUT2D eigenvalue weighted by atomic mass is 32.1. The molecule has 0 radical (unpaired) electrons. The fourth-order valence-corrected chi connectivity index (χ4v) is 5.63. The second-order valence-corrected chi connectivity index (χ2v) is 9.34. The first-order valence-electron chi connectivity index (χ1n) is 11.2. The van der Waals surface area contributed by atoms with Crippen LogP contribution in [0, 0.1) is 0 Å². The van der Waals surface area contributed by atoms with Crippen molar-refractivity contribution in [1.29, 1.82) is 0 Å². The Labute approximate surface area is 203 Å². The number of rotatable bonds is 4. The number of carbonyl (C=O) groups is 1. The standard InChI is InChI=1S/C27H20N2O5S/c1-3-14-8-10-17-21(12-14)35-27(28-17)29-23(15-9-11-18(30)20(13-15)33-2)22-24(31)16-6-4-5-7-19(16)34-25(22)26(29)32/h4-13,23,30H,3H2,1-2H3/t23-/m0/s1. The van der Waals surface area contributed by atoms with E-state index in [1.54, 1.807) is 36.4 Å². The molecule has 0 unspecified atom stereocenters. The Morgan fingerprint density at radius 2 is 1.94 bits per heavy atom. The number of aryl methyl sites for hydroxylation is 1. The van der Waals surface area contributed by atoms with Gasteiger partial charge in [0.1, 0.15) is 5.58 Å². The van der Waals surface area contributed by atoms with Gasteiger partial charge in [-0.15, -0.1) is 0 Å². The lowest BCUT2D eigenvalue weighted by Gasteiger charge is -2.23. The third-order valence-corrected chi connectivity index (χ3v) is 7.37. The van der Waals surface area contributed by atoms with E-state index in [1.807, 2.05) is 12.1 Å². The van der Waals surface area contributed by atoms with Gasteiger partial charge in [0.15, 0.2) is 22.1 Å². The minimum atomic E-state index is -0.793. The number of aromatic nitrogens is 1. The van der Waals surface area contributed by atoms with Crippen LogP contribution in [0.3, 0.4) is 0 Å². The van der Waals surface area contributed by atoms with Crippen molar-refractivity contribution in [2.75, 3.05) is 12.0 Å². The maximum absolute atomic E-state index is 13.8. The Hall–Kier alpha value is -4.17. The lowest BCUT2D eigenvalue weighted by molar-refractivity contribution is 0.0971. The van der Waals surface area contributed by atoms with Gasteiger partial charge < -0.3 is 14.3 Å². The Morgan fingerprint density at radius 3 is 2.74 bits per heavy atom. The van der Waals surface area contributed by atoms with Crippen molar-refractivity contribution in [2.45, 2.75) is 19.4 Å². The van der Waals surface area contributed by atoms with E-state index in [0.717, 1.165) is 16.6 Å². The summed E-state index contributed by atoms with van der Waals surface area (Å²) in [7, 11) is 1.45. The number of aromatic hydroxyl groups is 1. The van der Waals surface area contributed by atoms with E-state index in [9.17, 15) is 14.7 Å². The summed E-state index contributed by atoms with van der Waals surface area (Å²) in [6.07, 6.45) is 0.887.